The number of unbranched alkanes of at least 4 members (excludes halogenated alkanes) is 4. The van der Waals surface area contributed by atoms with Crippen molar-refractivity contribution in [1.82, 2.24) is 24.7 Å². The minimum absolute atomic E-state index is 0.291. The molecule has 0 atom stereocenters. The van der Waals surface area contributed by atoms with Crippen LogP contribution >= 0.6 is 0 Å². The van der Waals surface area contributed by atoms with Gasteiger partial charge < -0.3 is 51.1 Å². The predicted molar refractivity (Wildman–Crippen MR) is 251 cm³/mol. The Bertz CT molecular complexity index is 1820. The van der Waals surface area contributed by atoms with Gasteiger partial charge in [-0.25, -0.2) is 9.97 Å². The minimum atomic E-state index is 0.291. The van der Waals surface area contributed by atoms with E-state index in [0.717, 1.165) is 155 Å². The van der Waals surface area contributed by atoms with Crippen LogP contribution in [0.4, 0.5) is 23.0 Å². The minimum Gasteiger partial charge on any atom is -0.508 e. The van der Waals surface area contributed by atoms with Crippen molar-refractivity contribution in [3.8, 4) is 11.5 Å². The van der Waals surface area contributed by atoms with Gasteiger partial charge in [0, 0.05) is 54.6 Å². The van der Waals surface area contributed by atoms with Gasteiger partial charge in [0.1, 0.15) is 23.1 Å². The highest BCUT2D eigenvalue weighted by atomic mass is 16.5. The van der Waals surface area contributed by atoms with Gasteiger partial charge in [-0.2, -0.15) is 0 Å². The van der Waals surface area contributed by atoms with Crippen LogP contribution in [-0.2, 0) is 0 Å². The summed E-state index contributed by atoms with van der Waals surface area (Å²) < 4.78 is 5.47. The number of aromatic hydroxyl groups is 1. The van der Waals surface area contributed by atoms with Gasteiger partial charge in [-0.15, -0.1) is 0 Å². The maximum absolute atomic E-state index is 10.2. The van der Waals surface area contributed by atoms with Gasteiger partial charge in [0.25, 0.3) is 0 Å². The highest BCUT2D eigenvalue weighted by Crippen LogP contribution is 2.32. The van der Waals surface area contributed by atoms with Crippen LogP contribution in [0.2, 0.25) is 0 Å². The number of nitrogens with two attached hydrogens (primary N) is 1. The summed E-state index contributed by atoms with van der Waals surface area (Å²) in [5.74, 6) is 3.14. The first-order valence-corrected chi connectivity index (χ1v) is 22.7. The lowest BCUT2D eigenvalue weighted by atomic mass is 10.0. The molecule has 0 unspecified atom stereocenters. The van der Waals surface area contributed by atoms with Crippen LogP contribution in [0.15, 0.2) is 48.5 Å². The molecule has 2 fully saturated rings. The first-order valence-electron chi connectivity index (χ1n) is 22.7. The van der Waals surface area contributed by atoms with E-state index in [2.05, 4.69) is 94.7 Å². The molecule has 0 amide bonds. The second kappa shape index (κ2) is 24.2. The molecule has 0 spiro atoms. The number of anilines is 4. The topological polar surface area (TPSA) is 130 Å². The van der Waals surface area contributed by atoms with Crippen molar-refractivity contribution in [2.75, 3.05) is 114 Å². The molecule has 2 saturated heterocycles. The van der Waals surface area contributed by atoms with Crippen molar-refractivity contribution >= 4 is 44.8 Å². The Morgan fingerprint density at radius 2 is 1.34 bits per heavy atom. The molecule has 0 saturated carbocycles. The lowest BCUT2D eigenvalue weighted by molar-refractivity contribution is 0.250. The zero-order valence-electron chi connectivity index (χ0n) is 37.2. The molecule has 2 aliphatic rings. The number of benzene rings is 2. The fourth-order valence-electron chi connectivity index (χ4n) is 8.39. The van der Waals surface area contributed by atoms with Crippen LogP contribution in [0.1, 0.15) is 85.0 Å². The average molecular weight is 813 g/mol. The summed E-state index contributed by atoms with van der Waals surface area (Å²) >= 11 is 0. The van der Waals surface area contributed by atoms with E-state index < -0.39 is 0 Å². The number of aromatic nitrogens is 2. The summed E-state index contributed by atoms with van der Waals surface area (Å²) in [6, 6.07) is 17.2. The fraction of sp³-hybridized carbons (Fsp3) is 0.617. The number of pyridine rings is 2. The third kappa shape index (κ3) is 14.0. The van der Waals surface area contributed by atoms with Crippen LogP contribution in [0.3, 0.4) is 0 Å². The van der Waals surface area contributed by atoms with Crippen molar-refractivity contribution in [1.29, 1.82) is 0 Å². The number of nitrogens with one attached hydrogen (secondary N) is 3. The zero-order chi connectivity index (χ0) is 42.0. The number of ether oxygens (including phenoxy) is 1. The quantitative estimate of drug-likeness (QED) is 0.0522. The highest BCUT2D eigenvalue weighted by molar-refractivity contribution is 5.94. The van der Waals surface area contributed by atoms with Crippen molar-refractivity contribution in [3.63, 3.8) is 0 Å². The Balaban J connectivity index is 0.000000227. The molecule has 6 N–H and O–H groups in total. The van der Waals surface area contributed by atoms with Gasteiger partial charge >= 0.3 is 0 Å². The van der Waals surface area contributed by atoms with Crippen LogP contribution < -0.4 is 31.3 Å². The first kappa shape index (κ1) is 46.0. The maximum atomic E-state index is 10.2. The first-order chi connectivity index (χ1) is 28.7. The molecule has 6 rings (SSSR count). The van der Waals surface area contributed by atoms with Crippen LogP contribution in [0, 0.1) is 0 Å². The monoisotopic (exact) mass is 813 g/mol. The Labute approximate surface area is 355 Å². The number of methoxy groups -OCH3 is 1. The van der Waals surface area contributed by atoms with Crippen LogP contribution in [0.5, 0.6) is 11.5 Å². The summed E-state index contributed by atoms with van der Waals surface area (Å²) in [6.45, 7) is 18.2. The normalized spacial score (nSPS) is 15.7. The summed E-state index contributed by atoms with van der Waals surface area (Å²) in [7, 11) is 6.09. The number of hydrogen-bond acceptors (Lipinski definition) is 12. The van der Waals surface area contributed by atoms with Crippen LogP contribution in [0.25, 0.3) is 21.8 Å². The van der Waals surface area contributed by atoms with E-state index in [4.69, 9.17) is 20.4 Å². The molecule has 326 valence electrons. The van der Waals surface area contributed by atoms with Gasteiger partial charge in [0.05, 0.1) is 29.5 Å². The number of likely N-dealkylation sites (tertiary alicyclic amines) is 2. The molecule has 2 aromatic heterocycles. The molecule has 2 aromatic carbocycles. The molecular weight excluding hydrogens is 737 g/mol. The third-order valence-corrected chi connectivity index (χ3v) is 12.2. The second-order valence-electron chi connectivity index (χ2n) is 16.5. The van der Waals surface area contributed by atoms with Gasteiger partial charge in [0.2, 0.25) is 0 Å². The molecule has 0 radical (unpaired) electrons. The van der Waals surface area contributed by atoms with Gasteiger partial charge in [0.15, 0.2) is 0 Å². The van der Waals surface area contributed by atoms with E-state index in [-0.39, 0.29) is 0 Å². The Morgan fingerprint density at radius 3 is 1.98 bits per heavy atom. The van der Waals surface area contributed by atoms with Crippen molar-refractivity contribution in [2.45, 2.75) is 97.1 Å². The Morgan fingerprint density at radius 1 is 0.729 bits per heavy atom. The van der Waals surface area contributed by atoms with E-state index >= 15 is 0 Å². The van der Waals surface area contributed by atoms with Gasteiger partial charge in [-0.1, -0.05) is 26.7 Å². The number of phenolic OH excluding ortho intramolecular Hbond substituents is 1. The Hall–Kier alpha value is -4.10. The number of nitrogens with zero attached hydrogens (tertiary/aromatic N) is 6. The SMILES string of the molecule is CCN(CC)CCCCCNc1cc(O)cc2ccc(N(CC)C3CCN(C)CC3)nc12.COc1cc(NCCCCCN)c2nc(NC3CCN(C)CC3)ccc2c1. The summed E-state index contributed by atoms with van der Waals surface area (Å²) in [5, 5.41) is 23.0. The number of phenols is 1. The number of fused-ring (bicyclic) bond motifs is 2. The third-order valence-electron chi connectivity index (χ3n) is 12.2. The van der Waals surface area contributed by atoms with Gasteiger partial charge in [-0.05, 0) is 161 Å². The van der Waals surface area contributed by atoms with E-state index in [0.29, 0.717) is 17.8 Å². The summed E-state index contributed by atoms with van der Waals surface area (Å²) in [4.78, 5) is 19.7. The summed E-state index contributed by atoms with van der Waals surface area (Å²) in [6.07, 6.45) is 11.5. The maximum Gasteiger partial charge on any atom is 0.129 e. The van der Waals surface area contributed by atoms with Crippen molar-refractivity contribution < 1.29 is 9.84 Å². The van der Waals surface area contributed by atoms with Gasteiger partial charge in [-0.3, -0.25) is 0 Å². The van der Waals surface area contributed by atoms with Crippen molar-refractivity contribution in [3.05, 3.63) is 48.5 Å². The molecule has 12 nitrogen and oxygen atoms in total. The molecule has 12 heteroatoms. The Kier molecular flexibility index (Phi) is 18.9. The number of hydrogen-bond donors (Lipinski definition) is 5. The van der Waals surface area contributed by atoms with E-state index in [1.54, 1.807) is 7.11 Å². The molecular formula is C47H76N10O2. The fourth-order valence-corrected chi connectivity index (χ4v) is 8.39. The lowest BCUT2D eigenvalue weighted by Gasteiger charge is -2.37. The smallest absolute Gasteiger partial charge is 0.129 e. The molecule has 4 heterocycles. The standard InChI is InChI=1S/C26H43N5O.C21H33N5O/c1-5-30(6-2)16-10-8-9-15-27-24-20-23(32)19-21-11-12-25(28-26(21)24)31(7-3)22-13-17-29(4)18-14-22;1-26-12-8-17(9-13-26)24-20-7-6-16-14-18(27-2)15-19(21(16)25-20)23-11-5-3-4-10-22/h11-12,19-20,22,27,32H,5-10,13-18H2,1-4H3;6-7,14-15,17,23H,3-5,8-13,22H2,1-2H3,(H,24,25). The van der Waals surface area contributed by atoms with E-state index in [9.17, 15) is 5.11 Å². The van der Waals surface area contributed by atoms with Crippen molar-refractivity contribution in [2.24, 2.45) is 5.73 Å². The number of rotatable bonds is 21. The predicted octanol–water partition coefficient (Wildman–Crippen LogP) is 8.08. The molecule has 2 aliphatic heterocycles. The van der Waals surface area contributed by atoms with Crippen LogP contribution in [-0.4, -0.2) is 135 Å². The molecule has 4 aromatic rings. The van der Waals surface area contributed by atoms with E-state index in [1.165, 1.54) is 32.2 Å². The lowest BCUT2D eigenvalue weighted by Crippen LogP contribution is -2.44. The largest absolute Gasteiger partial charge is 0.508 e. The summed E-state index contributed by atoms with van der Waals surface area (Å²) in [5.41, 5.74) is 9.49. The highest BCUT2D eigenvalue weighted by Gasteiger charge is 2.24. The number of piperidine rings is 2. The van der Waals surface area contributed by atoms with E-state index in [1.807, 2.05) is 24.3 Å². The molecule has 0 aliphatic carbocycles. The molecule has 0 bridgehead atoms. The molecule has 59 heavy (non-hydrogen) atoms. The zero-order valence-corrected chi connectivity index (χ0v) is 37.2. The second-order valence-corrected chi connectivity index (χ2v) is 16.5. The average Bonchev–Trinajstić information content (AvgIpc) is 3.25.